The van der Waals surface area contributed by atoms with Crippen molar-refractivity contribution in [3.8, 4) is 0 Å². The van der Waals surface area contributed by atoms with E-state index in [1.54, 1.807) is 54.6 Å². The monoisotopic (exact) mass is 494 g/mol. The third kappa shape index (κ3) is 8.94. The number of aldehydes is 1. The molecule has 12 heteroatoms. The number of halogens is 3. The van der Waals surface area contributed by atoms with Crippen molar-refractivity contribution in [1.82, 2.24) is 21.5 Å². The molecule has 0 radical (unpaired) electrons. The second kappa shape index (κ2) is 12.6. The highest BCUT2D eigenvalue weighted by atomic mass is 32.1. The largest absolute Gasteiger partial charge is 0.405 e. The fraction of sp³-hybridized carbons (Fsp3) is 0.190. The van der Waals surface area contributed by atoms with Gasteiger partial charge in [0.25, 0.3) is 0 Å². The fourth-order valence-electron chi connectivity index (χ4n) is 2.46. The number of carbonyl (C=O) groups is 1. The Balaban J connectivity index is 2.47. The molecule has 0 amide bonds. The van der Waals surface area contributed by atoms with Crippen molar-refractivity contribution in [3.05, 3.63) is 71.3 Å². The molecular formula is C21H21F3N6OS2. The van der Waals surface area contributed by atoms with Crippen LogP contribution in [0.4, 0.5) is 13.2 Å². The van der Waals surface area contributed by atoms with Gasteiger partial charge in [0, 0.05) is 23.2 Å². The van der Waals surface area contributed by atoms with E-state index < -0.39 is 12.7 Å². The Hall–Kier alpha value is -3.38. The number of rotatable bonds is 8. The summed E-state index contributed by atoms with van der Waals surface area (Å²) in [5, 5.41) is 13.5. The number of thiocarbonyl (C=S) groups is 2. The SMILES string of the molecule is CCNC(=S)NN=C(C(=NNC(=S)NCC(F)(F)F)c1ccccc1)c1ccc(C=O)cc1. The molecule has 2 aromatic rings. The van der Waals surface area contributed by atoms with E-state index in [4.69, 9.17) is 24.4 Å². The van der Waals surface area contributed by atoms with Crippen LogP contribution in [0.3, 0.4) is 0 Å². The molecule has 0 aromatic heterocycles. The maximum absolute atomic E-state index is 12.5. The van der Waals surface area contributed by atoms with Gasteiger partial charge in [-0.3, -0.25) is 15.6 Å². The summed E-state index contributed by atoms with van der Waals surface area (Å²) in [4.78, 5) is 11.0. The zero-order chi connectivity index (χ0) is 24.3. The van der Waals surface area contributed by atoms with E-state index in [0.717, 1.165) is 0 Å². The van der Waals surface area contributed by atoms with Gasteiger partial charge < -0.3 is 10.6 Å². The fourth-order valence-corrected chi connectivity index (χ4v) is 2.77. The molecule has 0 aliphatic heterocycles. The Morgan fingerprint density at radius 2 is 1.39 bits per heavy atom. The lowest BCUT2D eigenvalue weighted by Crippen LogP contribution is -2.39. The summed E-state index contributed by atoms with van der Waals surface area (Å²) < 4.78 is 37.4. The van der Waals surface area contributed by atoms with Crippen molar-refractivity contribution in [3.63, 3.8) is 0 Å². The third-order valence-corrected chi connectivity index (χ3v) is 4.39. The van der Waals surface area contributed by atoms with Gasteiger partial charge >= 0.3 is 6.18 Å². The molecule has 2 rings (SSSR count). The first-order chi connectivity index (χ1) is 15.7. The summed E-state index contributed by atoms with van der Waals surface area (Å²) in [5.41, 5.74) is 7.39. The first-order valence-electron chi connectivity index (χ1n) is 9.64. The standard InChI is InChI=1S/C21H21F3N6OS2/c1-2-25-19(32)29-28-18(16-10-8-14(12-31)9-11-16)17(15-6-4-3-5-7-15)27-30-20(33)26-13-21(22,23)24/h3-12H,2,13H2,1H3,(H2,25,29,32)(H2,26,30,33). The average molecular weight is 495 g/mol. The second-order valence-electron chi connectivity index (χ2n) is 6.41. The third-order valence-electron chi connectivity index (χ3n) is 3.92. The van der Waals surface area contributed by atoms with Crippen LogP contribution in [0.25, 0.3) is 0 Å². The van der Waals surface area contributed by atoms with Crippen LogP contribution in [0, 0.1) is 0 Å². The molecule has 0 aliphatic rings. The van der Waals surface area contributed by atoms with Gasteiger partial charge in [0.15, 0.2) is 10.2 Å². The Bertz CT molecular complexity index is 1020. The number of hydrogen-bond donors (Lipinski definition) is 4. The lowest BCUT2D eigenvalue weighted by molar-refractivity contribution is -0.122. The number of benzene rings is 2. The topological polar surface area (TPSA) is 89.9 Å². The first kappa shape index (κ1) is 25.9. The molecule has 33 heavy (non-hydrogen) atoms. The molecule has 2 aromatic carbocycles. The van der Waals surface area contributed by atoms with Crippen molar-refractivity contribution < 1.29 is 18.0 Å². The molecular weight excluding hydrogens is 473 g/mol. The van der Waals surface area contributed by atoms with Gasteiger partial charge in [0.05, 0.1) is 0 Å². The minimum atomic E-state index is -4.43. The van der Waals surface area contributed by atoms with Crippen LogP contribution in [0.1, 0.15) is 28.4 Å². The van der Waals surface area contributed by atoms with Gasteiger partial charge in [-0.1, -0.05) is 54.6 Å². The van der Waals surface area contributed by atoms with E-state index in [1.807, 2.05) is 6.92 Å². The van der Waals surface area contributed by atoms with Gasteiger partial charge in [-0.25, -0.2) is 0 Å². The minimum Gasteiger partial charge on any atom is -0.362 e. The molecule has 0 aliphatic carbocycles. The average Bonchev–Trinajstić information content (AvgIpc) is 2.80. The van der Waals surface area contributed by atoms with Crippen LogP contribution in [0.5, 0.6) is 0 Å². The molecule has 4 N–H and O–H groups in total. The Morgan fingerprint density at radius 3 is 1.88 bits per heavy atom. The zero-order valence-corrected chi connectivity index (χ0v) is 19.1. The van der Waals surface area contributed by atoms with Gasteiger partial charge in [-0.2, -0.15) is 23.4 Å². The number of alkyl halides is 3. The van der Waals surface area contributed by atoms with E-state index in [0.29, 0.717) is 35.2 Å². The van der Waals surface area contributed by atoms with Crippen LogP contribution in [0.2, 0.25) is 0 Å². The highest BCUT2D eigenvalue weighted by Gasteiger charge is 2.27. The number of hydrogen-bond acceptors (Lipinski definition) is 5. The van der Waals surface area contributed by atoms with Gasteiger partial charge in [0.2, 0.25) is 0 Å². The predicted molar refractivity (Wildman–Crippen MR) is 131 cm³/mol. The molecule has 0 heterocycles. The maximum Gasteiger partial charge on any atom is 0.405 e. The summed E-state index contributed by atoms with van der Waals surface area (Å²) >= 11 is 10.1. The van der Waals surface area contributed by atoms with E-state index in [-0.39, 0.29) is 15.9 Å². The van der Waals surface area contributed by atoms with Crippen molar-refractivity contribution in [2.24, 2.45) is 10.2 Å². The molecule has 7 nitrogen and oxygen atoms in total. The summed E-state index contributed by atoms with van der Waals surface area (Å²) in [7, 11) is 0. The molecule has 0 saturated carbocycles. The zero-order valence-electron chi connectivity index (χ0n) is 17.4. The van der Waals surface area contributed by atoms with Crippen LogP contribution < -0.4 is 21.5 Å². The highest BCUT2D eigenvalue weighted by Crippen LogP contribution is 2.13. The first-order valence-corrected chi connectivity index (χ1v) is 10.5. The van der Waals surface area contributed by atoms with Gasteiger partial charge in [-0.05, 0) is 31.4 Å². The van der Waals surface area contributed by atoms with E-state index in [9.17, 15) is 18.0 Å². The van der Waals surface area contributed by atoms with Gasteiger partial charge in [0.1, 0.15) is 24.3 Å². The Morgan fingerprint density at radius 1 is 0.879 bits per heavy atom. The molecule has 0 saturated heterocycles. The Labute approximate surface area is 199 Å². The van der Waals surface area contributed by atoms with Crippen LogP contribution in [-0.4, -0.2) is 47.2 Å². The molecule has 174 valence electrons. The molecule has 0 unspecified atom stereocenters. The Kier molecular flexibility index (Phi) is 9.88. The number of nitrogens with one attached hydrogen (secondary N) is 4. The van der Waals surface area contributed by atoms with Crippen molar-refractivity contribution in [2.45, 2.75) is 13.1 Å². The maximum atomic E-state index is 12.5. The predicted octanol–water partition coefficient (Wildman–Crippen LogP) is 3.12. The quantitative estimate of drug-likeness (QED) is 0.194. The summed E-state index contributed by atoms with van der Waals surface area (Å²) in [5.74, 6) is 0. The normalized spacial score (nSPS) is 12.0. The van der Waals surface area contributed by atoms with Crippen LogP contribution in [0.15, 0.2) is 64.8 Å². The van der Waals surface area contributed by atoms with Crippen molar-refractivity contribution >= 4 is 52.4 Å². The summed E-state index contributed by atoms with van der Waals surface area (Å²) in [6.45, 7) is 1.14. The van der Waals surface area contributed by atoms with Gasteiger partial charge in [-0.15, -0.1) is 0 Å². The van der Waals surface area contributed by atoms with E-state index in [1.165, 1.54) is 0 Å². The van der Waals surface area contributed by atoms with Crippen LogP contribution >= 0.6 is 24.4 Å². The number of nitrogens with zero attached hydrogens (tertiary/aromatic N) is 2. The second-order valence-corrected chi connectivity index (χ2v) is 7.22. The van der Waals surface area contributed by atoms with Crippen molar-refractivity contribution in [2.75, 3.05) is 13.1 Å². The summed E-state index contributed by atoms with van der Waals surface area (Å²) in [6, 6.07) is 15.4. The number of hydrazone groups is 2. The molecule has 0 atom stereocenters. The summed E-state index contributed by atoms with van der Waals surface area (Å²) in [6.07, 6.45) is -3.73. The highest BCUT2D eigenvalue weighted by molar-refractivity contribution is 7.80. The lowest BCUT2D eigenvalue weighted by Gasteiger charge is -2.14. The lowest BCUT2D eigenvalue weighted by atomic mass is 9.99. The van der Waals surface area contributed by atoms with Crippen LogP contribution in [-0.2, 0) is 0 Å². The van der Waals surface area contributed by atoms with E-state index in [2.05, 4.69) is 31.7 Å². The number of carbonyl (C=O) groups excluding carboxylic acids is 1. The molecule has 0 bridgehead atoms. The van der Waals surface area contributed by atoms with Crippen molar-refractivity contribution in [1.29, 1.82) is 0 Å². The van der Waals surface area contributed by atoms with E-state index >= 15 is 0 Å². The molecule has 0 fully saturated rings. The smallest absolute Gasteiger partial charge is 0.362 e. The minimum absolute atomic E-state index is 0.266. The molecule has 0 spiro atoms.